The number of unbranched alkanes of at least 4 members (excludes halogenated alkanes) is 1. The first kappa shape index (κ1) is 15.3. The lowest BCUT2D eigenvalue weighted by atomic mass is 10.2. The number of hydrogen-bond donors (Lipinski definition) is 1. The molecule has 0 amide bonds. The van der Waals surface area contributed by atoms with Crippen molar-refractivity contribution in [2.45, 2.75) is 32.2 Å². The summed E-state index contributed by atoms with van der Waals surface area (Å²) in [5.74, 6) is 0.689. The molecule has 0 aliphatic carbocycles. The van der Waals surface area contributed by atoms with E-state index in [1.165, 1.54) is 0 Å². The van der Waals surface area contributed by atoms with Gasteiger partial charge >= 0.3 is 5.97 Å². The lowest BCUT2D eigenvalue weighted by Gasteiger charge is -2.09. The number of nitrogens with zero attached hydrogens (tertiary/aromatic N) is 1. The standard InChI is InChI=1S/C16H20N2O3/c1-2-3-9-20-16(19)13(17)10-15-18-11-14(21-15)12-7-5-4-6-8-12/h4-8,11,13H,2-3,9-10,17H2,1H3/t13-/m0/s1. The van der Waals surface area contributed by atoms with Crippen molar-refractivity contribution in [2.75, 3.05) is 6.61 Å². The van der Waals surface area contributed by atoms with E-state index < -0.39 is 12.0 Å². The number of esters is 1. The van der Waals surface area contributed by atoms with Crippen LogP contribution in [0.3, 0.4) is 0 Å². The largest absolute Gasteiger partial charge is 0.465 e. The van der Waals surface area contributed by atoms with Crippen LogP contribution in [0.1, 0.15) is 25.7 Å². The van der Waals surface area contributed by atoms with Crippen LogP contribution in [-0.2, 0) is 16.0 Å². The summed E-state index contributed by atoms with van der Waals surface area (Å²) in [6, 6.07) is 8.90. The maximum Gasteiger partial charge on any atom is 0.323 e. The summed E-state index contributed by atoms with van der Waals surface area (Å²) in [5.41, 5.74) is 6.75. The minimum absolute atomic E-state index is 0.234. The highest BCUT2D eigenvalue weighted by molar-refractivity contribution is 5.75. The number of benzene rings is 1. The molecular formula is C16H20N2O3. The number of rotatable bonds is 7. The van der Waals surface area contributed by atoms with Crippen molar-refractivity contribution >= 4 is 5.97 Å². The molecule has 5 heteroatoms. The van der Waals surface area contributed by atoms with Crippen LogP contribution < -0.4 is 5.73 Å². The molecule has 21 heavy (non-hydrogen) atoms. The van der Waals surface area contributed by atoms with Gasteiger partial charge in [0.1, 0.15) is 6.04 Å². The third kappa shape index (κ3) is 4.43. The Balaban J connectivity index is 1.91. The number of carbonyl (C=O) groups excluding carboxylic acids is 1. The van der Waals surface area contributed by atoms with Crippen LogP contribution in [0.15, 0.2) is 40.9 Å². The van der Waals surface area contributed by atoms with Crippen molar-refractivity contribution < 1.29 is 13.9 Å². The molecule has 0 saturated carbocycles. The summed E-state index contributed by atoms with van der Waals surface area (Å²) in [6.45, 7) is 2.44. The van der Waals surface area contributed by atoms with Gasteiger partial charge in [0.15, 0.2) is 11.7 Å². The lowest BCUT2D eigenvalue weighted by Crippen LogP contribution is -2.34. The Labute approximate surface area is 124 Å². The molecule has 0 fully saturated rings. The van der Waals surface area contributed by atoms with Gasteiger partial charge in [0.05, 0.1) is 19.2 Å². The van der Waals surface area contributed by atoms with Crippen LogP contribution >= 0.6 is 0 Å². The van der Waals surface area contributed by atoms with Gasteiger partial charge in [-0.05, 0) is 6.42 Å². The third-order valence-corrected chi connectivity index (χ3v) is 3.05. The fourth-order valence-electron chi connectivity index (χ4n) is 1.84. The predicted octanol–water partition coefficient (Wildman–Crippen LogP) is 2.55. The Morgan fingerprint density at radius 3 is 2.86 bits per heavy atom. The van der Waals surface area contributed by atoms with Gasteiger partial charge in [-0.1, -0.05) is 43.7 Å². The van der Waals surface area contributed by atoms with E-state index in [0.29, 0.717) is 18.3 Å². The number of nitrogens with two attached hydrogens (primary N) is 1. The molecule has 2 aromatic rings. The molecule has 1 atom stereocenters. The predicted molar refractivity (Wildman–Crippen MR) is 79.5 cm³/mol. The van der Waals surface area contributed by atoms with Gasteiger partial charge in [-0.2, -0.15) is 0 Å². The van der Waals surface area contributed by atoms with Gasteiger partial charge in [-0.25, -0.2) is 4.98 Å². The molecule has 1 heterocycles. The van der Waals surface area contributed by atoms with Gasteiger partial charge in [-0.3, -0.25) is 4.79 Å². The van der Waals surface area contributed by atoms with E-state index in [9.17, 15) is 4.79 Å². The zero-order valence-electron chi connectivity index (χ0n) is 12.1. The van der Waals surface area contributed by atoms with E-state index >= 15 is 0 Å². The lowest BCUT2D eigenvalue weighted by molar-refractivity contribution is -0.145. The van der Waals surface area contributed by atoms with Crippen LogP contribution in [0.2, 0.25) is 0 Å². The number of ether oxygens (including phenoxy) is 1. The van der Waals surface area contributed by atoms with Crippen LogP contribution in [-0.4, -0.2) is 23.6 Å². The molecule has 0 spiro atoms. The van der Waals surface area contributed by atoms with Crippen molar-refractivity contribution in [3.8, 4) is 11.3 Å². The van der Waals surface area contributed by atoms with E-state index in [2.05, 4.69) is 4.98 Å². The fraction of sp³-hybridized carbons (Fsp3) is 0.375. The monoisotopic (exact) mass is 288 g/mol. The topological polar surface area (TPSA) is 78.4 Å². The first-order valence-electron chi connectivity index (χ1n) is 7.13. The molecule has 0 bridgehead atoms. The average Bonchev–Trinajstić information content (AvgIpc) is 2.97. The van der Waals surface area contributed by atoms with Crippen molar-refractivity contribution in [1.29, 1.82) is 0 Å². The summed E-state index contributed by atoms with van der Waals surface area (Å²) in [5, 5.41) is 0. The van der Waals surface area contributed by atoms with Gasteiger partial charge in [0.25, 0.3) is 0 Å². The van der Waals surface area contributed by atoms with Gasteiger partial charge in [0.2, 0.25) is 0 Å². The molecule has 0 radical (unpaired) electrons. The second-order valence-corrected chi connectivity index (χ2v) is 4.82. The van der Waals surface area contributed by atoms with Crippen LogP contribution in [0, 0.1) is 0 Å². The molecule has 0 saturated heterocycles. The molecule has 0 aliphatic rings. The van der Waals surface area contributed by atoms with Gasteiger partial charge < -0.3 is 14.9 Å². The molecule has 2 N–H and O–H groups in total. The van der Waals surface area contributed by atoms with Crippen LogP contribution in [0.4, 0.5) is 0 Å². The highest BCUT2D eigenvalue weighted by Gasteiger charge is 2.18. The second kappa shape index (κ2) is 7.59. The molecular weight excluding hydrogens is 268 g/mol. The quantitative estimate of drug-likeness (QED) is 0.625. The van der Waals surface area contributed by atoms with E-state index in [1.807, 2.05) is 37.3 Å². The summed E-state index contributed by atoms with van der Waals surface area (Å²) in [7, 11) is 0. The van der Waals surface area contributed by atoms with E-state index in [0.717, 1.165) is 18.4 Å². The smallest absolute Gasteiger partial charge is 0.323 e. The minimum atomic E-state index is -0.746. The van der Waals surface area contributed by atoms with Crippen molar-refractivity contribution in [3.05, 3.63) is 42.4 Å². The van der Waals surface area contributed by atoms with Crippen molar-refractivity contribution in [1.82, 2.24) is 4.98 Å². The molecule has 2 rings (SSSR count). The highest BCUT2D eigenvalue weighted by Crippen LogP contribution is 2.20. The maximum atomic E-state index is 11.7. The molecule has 0 aliphatic heterocycles. The number of aromatic nitrogens is 1. The fourth-order valence-corrected chi connectivity index (χ4v) is 1.84. The number of oxazole rings is 1. The van der Waals surface area contributed by atoms with E-state index in [-0.39, 0.29) is 6.42 Å². The van der Waals surface area contributed by atoms with Crippen LogP contribution in [0.25, 0.3) is 11.3 Å². The van der Waals surface area contributed by atoms with Crippen LogP contribution in [0.5, 0.6) is 0 Å². The minimum Gasteiger partial charge on any atom is -0.465 e. The molecule has 5 nitrogen and oxygen atoms in total. The highest BCUT2D eigenvalue weighted by atomic mass is 16.5. The zero-order valence-corrected chi connectivity index (χ0v) is 12.1. The Morgan fingerprint density at radius 2 is 2.14 bits per heavy atom. The zero-order chi connectivity index (χ0) is 15.1. The van der Waals surface area contributed by atoms with Crippen molar-refractivity contribution in [3.63, 3.8) is 0 Å². The normalized spacial score (nSPS) is 12.1. The summed E-state index contributed by atoms with van der Waals surface area (Å²) < 4.78 is 10.7. The molecule has 112 valence electrons. The Hall–Kier alpha value is -2.14. The molecule has 1 aromatic carbocycles. The second-order valence-electron chi connectivity index (χ2n) is 4.82. The van der Waals surface area contributed by atoms with E-state index in [4.69, 9.17) is 14.9 Å². The SMILES string of the molecule is CCCCOC(=O)[C@@H](N)Cc1ncc(-c2ccccc2)o1. The summed E-state index contributed by atoms with van der Waals surface area (Å²) in [6.07, 6.45) is 3.69. The van der Waals surface area contributed by atoms with Crippen molar-refractivity contribution in [2.24, 2.45) is 5.73 Å². The average molecular weight is 288 g/mol. The molecule has 1 aromatic heterocycles. The molecule has 0 unspecified atom stereocenters. The Bertz CT molecular complexity index is 566. The Morgan fingerprint density at radius 1 is 1.38 bits per heavy atom. The number of carbonyl (C=O) groups is 1. The third-order valence-electron chi connectivity index (χ3n) is 3.05. The number of hydrogen-bond acceptors (Lipinski definition) is 5. The Kier molecular flexibility index (Phi) is 5.51. The first-order valence-corrected chi connectivity index (χ1v) is 7.13. The van der Waals surface area contributed by atoms with Gasteiger partial charge in [0, 0.05) is 5.56 Å². The summed E-state index contributed by atoms with van der Waals surface area (Å²) in [4.78, 5) is 15.8. The van der Waals surface area contributed by atoms with Gasteiger partial charge in [-0.15, -0.1) is 0 Å². The summed E-state index contributed by atoms with van der Waals surface area (Å²) >= 11 is 0. The first-order chi connectivity index (χ1) is 10.2. The van der Waals surface area contributed by atoms with E-state index in [1.54, 1.807) is 6.20 Å². The maximum absolute atomic E-state index is 11.7.